The molecular formula is C24H53N2NaO6. The summed E-state index contributed by atoms with van der Waals surface area (Å²) in [7, 11) is 0. The van der Waals surface area contributed by atoms with E-state index in [2.05, 4.69) is 12.2 Å². The van der Waals surface area contributed by atoms with E-state index in [1.165, 1.54) is 89.9 Å². The van der Waals surface area contributed by atoms with Crippen molar-refractivity contribution in [1.29, 1.82) is 0 Å². The fourth-order valence-electron chi connectivity index (χ4n) is 2.67. The number of nitrogens with one attached hydrogen (secondary N) is 1. The molecule has 33 heavy (non-hydrogen) atoms. The predicted molar refractivity (Wildman–Crippen MR) is 139 cm³/mol. The van der Waals surface area contributed by atoms with Crippen LogP contribution in [0.5, 0.6) is 0 Å². The SMILES string of the molecule is CC(=O)O.CC(=O)O.CC(=O)O.CCCCCCCCCCCCCCCCNCCN.[NaH]. The summed E-state index contributed by atoms with van der Waals surface area (Å²) >= 11 is 0. The molecule has 0 aliphatic heterocycles. The Bertz CT molecular complexity index is 341. The van der Waals surface area contributed by atoms with Crippen molar-refractivity contribution >= 4 is 47.5 Å². The zero-order chi connectivity index (χ0) is 25.5. The van der Waals surface area contributed by atoms with Crippen molar-refractivity contribution in [1.82, 2.24) is 5.32 Å². The fourth-order valence-corrected chi connectivity index (χ4v) is 2.67. The van der Waals surface area contributed by atoms with E-state index in [0.717, 1.165) is 40.4 Å². The number of carbonyl (C=O) groups is 3. The maximum absolute atomic E-state index is 9.00. The standard InChI is InChI=1S/C18H40N2.3C2H4O2.Na.H/c1-2-3-4-5-6-7-8-9-10-11-12-13-14-15-17-20-18-16-19;3*1-2(3)4;;/h20H,2-19H2,1H3;3*1H3,(H,3,4);;. The third kappa shape index (κ3) is 101. The van der Waals surface area contributed by atoms with E-state index in [1.54, 1.807) is 0 Å². The molecule has 0 heterocycles. The molecule has 0 aromatic carbocycles. The zero-order valence-corrected chi connectivity index (χ0v) is 21.2. The molecule has 0 amide bonds. The van der Waals surface area contributed by atoms with Crippen molar-refractivity contribution in [3.8, 4) is 0 Å². The van der Waals surface area contributed by atoms with Crippen LogP contribution in [0.4, 0.5) is 0 Å². The average Bonchev–Trinajstić information content (AvgIpc) is 2.66. The summed E-state index contributed by atoms with van der Waals surface area (Å²) in [6.45, 7) is 8.42. The molecule has 0 rings (SSSR count). The van der Waals surface area contributed by atoms with Gasteiger partial charge < -0.3 is 26.4 Å². The molecule has 0 aromatic heterocycles. The van der Waals surface area contributed by atoms with Crippen molar-refractivity contribution in [3.05, 3.63) is 0 Å². The number of nitrogens with two attached hydrogens (primary N) is 1. The minimum absolute atomic E-state index is 0. The Morgan fingerprint density at radius 1 is 0.576 bits per heavy atom. The van der Waals surface area contributed by atoms with E-state index < -0.39 is 17.9 Å². The van der Waals surface area contributed by atoms with Crippen molar-refractivity contribution in [2.24, 2.45) is 5.73 Å². The van der Waals surface area contributed by atoms with Gasteiger partial charge in [0.1, 0.15) is 0 Å². The molecule has 8 nitrogen and oxygen atoms in total. The van der Waals surface area contributed by atoms with Crippen molar-refractivity contribution in [2.75, 3.05) is 19.6 Å². The third-order valence-electron chi connectivity index (χ3n) is 4.03. The van der Waals surface area contributed by atoms with Gasteiger partial charge in [0.15, 0.2) is 0 Å². The predicted octanol–water partition coefficient (Wildman–Crippen LogP) is 4.64. The third-order valence-corrected chi connectivity index (χ3v) is 4.03. The second-order valence-corrected chi connectivity index (χ2v) is 7.69. The van der Waals surface area contributed by atoms with Gasteiger partial charge in [-0.15, -0.1) is 0 Å². The average molecular weight is 489 g/mol. The second-order valence-electron chi connectivity index (χ2n) is 7.69. The Kier molecular flexibility index (Phi) is 53.5. The van der Waals surface area contributed by atoms with Gasteiger partial charge in [0, 0.05) is 33.9 Å². The van der Waals surface area contributed by atoms with Gasteiger partial charge in [-0.1, -0.05) is 90.4 Å². The van der Waals surface area contributed by atoms with Gasteiger partial charge in [0.25, 0.3) is 17.9 Å². The molecule has 0 atom stereocenters. The number of hydrogen-bond acceptors (Lipinski definition) is 5. The first-order valence-electron chi connectivity index (χ1n) is 12.1. The van der Waals surface area contributed by atoms with E-state index >= 15 is 0 Å². The van der Waals surface area contributed by atoms with Crippen LogP contribution in [0.25, 0.3) is 0 Å². The topological polar surface area (TPSA) is 150 Å². The minimum atomic E-state index is -0.833. The number of rotatable bonds is 17. The van der Waals surface area contributed by atoms with Gasteiger partial charge in [-0.2, -0.15) is 0 Å². The molecule has 0 bridgehead atoms. The Balaban J connectivity index is -0.000000165. The normalized spacial score (nSPS) is 9.00. The van der Waals surface area contributed by atoms with Gasteiger partial charge in [0.05, 0.1) is 0 Å². The molecule has 0 aromatic rings. The second kappa shape index (κ2) is 41.6. The first-order chi connectivity index (χ1) is 15.1. The van der Waals surface area contributed by atoms with Gasteiger partial charge in [-0.3, -0.25) is 14.4 Å². The molecule has 9 heteroatoms. The van der Waals surface area contributed by atoms with Crippen LogP contribution in [0.2, 0.25) is 0 Å². The summed E-state index contributed by atoms with van der Waals surface area (Å²) in [6.07, 6.45) is 20.1. The Morgan fingerprint density at radius 2 is 0.818 bits per heavy atom. The summed E-state index contributed by atoms with van der Waals surface area (Å²) in [4.78, 5) is 27.0. The molecule has 0 spiro atoms. The quantitative estimate of drug-likeness (QED) is 0.147. The van der Waals surface area contributed by atoms with Gasteiger partial charge >= 0.3 is 29.6 Å². The van der Waals surface area contributed by atoms with Crippen molar-refractivity contribution < 1.29 is 29.7 Å². The molecule has 0 fully saturated rings. The fraction of sp³-hybridized carbons (Fsp3) is 0.875. The Labute approximate surface area is 224 Å². The summed E-state index contributed by atoms with van der Waals surface area (Å²) in [5.74, 6) is -2.50. The van der Waals surface area contributed by atoms with Crippen molar-refractivity contribution in [2.45, 2.75) is 118 Å². The molecule has 0 aliphatic rings. The molecule has 196 valence electrons. The van der Waals surface area contributed by atoms with Crippen LogP contribution in [-0.2, 0) is 14.4 Å². The summed E-state index contributed by atoms with van der Waals surface area (Å²) in [6, 6.07) is 0. The van der Waals surface area contributed by atoms with E-state index in [1.807, 2.05) is 0 Å². The summed E-state index contributed by atoms with van der Waals surface area (Å²) in [5.41, 5.74) is 5.43. The first kappa shape index (κ1) is 42.5. The van der Waals surface area contributed by atoms with Crippen molar-refractivity contribution in [3.63, 3.8) is 0 Å². The Morgan fingerprint density at radius 3 is 1.06 bits per heavy atom. The van der Waals surface area contributed by atoms with Crippen LogP contribution < -0.4 is 11.1 Å². The molecule has 6 N–H and O–H groups in total. The van der Waals surface area contributed by atoms with Crippen LogP contribution in [0.3, 0.4) is 0 Å². The van der Waals surface area contributed by atoms with Crippen LogP contribution in [0.1, 0.15) is 118 Å². The number of unbranched alkanes of at least 4 members (excludes halogenated alkanes) is 13. The van der Waals surface area contributed by atoms with E-state index in [0.29, 0.717) is 0 Å². The molecule has 0 saturated heterocycles. The molecule has 0 unspecified atom stereocenters. The van der Waals surface area contributed by atoms with Crippen LogP contribution >= 0.6 is 0 Å². The van der Waals surface area contributed by atoms with Gasteiger partial charge in [0.2, 0.25) is 0 Å². The number of carboxylic acid groups (broad SMARTS) is 3. The van der Waals surface area contributed by atoms with Gasteiger partial charge in [-0.05, 0) is 13.0 Å². The molecule has 0 saturated carbocycles. The summed E-state index contributed by atoms with van der Waals surface area (Å²) < 4.78 is 0. The first-order valence-corrected chi connectivity index (χ1v) is 12.1. The number of aliphatic carboxylic acids is 3. The van der Waals surface area contributed by atoms with Crippen LogP contribution in [0, 0.1) is 0 Å². The monoisotopic (exact) mass is 488 g/mol. The maximum atomic E-state index is 9.00. The van der Waals surface area contributed by atoms with E-state index in [-0.39, 0.29) is 29.6 Å². The van der Waals surface area contributed by atoms with E-state index in [4.69, 9.17) is 35.4 Å². The van der Waals surface area contributed by atoms with Crippen LogP contribution in [0.15, 0.2) is 0 Å². The molecule has 0 radical (unpaired) electrons. The Hall–Kier alpha value is -0.670. The number of hydrogen-bond donors (Lipinski definition) is 5. The van der Waals surface area contributed by atoms with Gasteiger partial charge in [-0.25, -0.2) is 0 Å². The number of carboxylic acids is 3. The molecule has 0 aliphatic carbocycles. The molecular weight excluding hydrogens is 435 g/mol. The van der Waals surface area contributed by atoms with Crippen LogP contribution in [-0.4, -0.2) is 82.4 Å². The summed E-state index contributed by atoms with van der Waals surface area (Å²) in [5, 5.41) is 25.6. The zero-order valence-electron chi connectivity index (χ0n) is 21.2. The van der Waals surface area contributed by atoms with E-state index in [9.17, 15) is 0 Å².